The van der Waals surface area contributed by atoms with Crippen LogP contribution in [0.3, 0.4) is 0 Å². The second-order valence-corrected chi connectivity index (χ2v) is 5.92. The molecule has 1 rings (SSSR count). The topological polar surface area (TPSA) is 15.3 Å². The maximum Gasteiger partial charge on any atom is 0.00910 e. The minimum atomic E-state index is 0.739. The van der Waals surface area contributed by atoms with Gasteiger partial charge in [-0.25, -0.2) is 0 Å². The van der Waals surface area contributed by atoms with Gasteiger partial charge in [-0.1, -0.05) is 13.8 Å². The Labute approximate surface area is 102 Å². The molecule has 1 N–H and O–H groups in total. The van der Waals surface area contributed by atoms with Gasteiger partial charge in [0.05, 0.1) is 0 Å². The van der Waals surface area contributed by atoms with Crippen LogP contribution in [0, 0.1) is 5.92 Å². The highest BCUT2D eigenvalue weighted by molar-refractivity contribution is 4.84. The first-order chi connectivity index (χ1) is 7.54. The van der Waals surface area contributed by atoms with Crippen LogP contribution in [-0.2, 0) is 0 Å². The molecule has 0 radical (unpaired) electrons. The minimum absolute atomic E-state index is 0.739. The van der Waals surface area contributed by atoms with Gasteiger partial charge in [0.15, 0.2) is 0 Å². The molecule has 0 bridgehead atoms. The van der Waals surface area contributed by atoms with Crippen LogP contribution in [0.15, 0.2) is 0 Å². The van der Waals surface area contributed by atoms with Crippen molar-refractivity contribution in [1.82, 2.24) is 10.2 Å². The van der Waals surface area contributed by atoms with Crippen molar-refractivity contribution in [3.05, 3.63) is 0 Å². The molecule has 3 unspecified atom stereocenters. The van der Waals surface area contributed by atoms with Gasteiger partial charge >= 0.3 is 0 Å². The largest absolute Gasteiger partial charge is 0.317 e. The van der Waals surface area contributed by atoms with Crippen LogP contribution >= 0.6 is 0 Å². The number of hydrogen-bond donors (Lipinski definition) is 1. The summed E-state index contributed by atoms with van der Waals surface area (Å²) in [5, 5.41) is 3.42. The molecule has 16 heavy (non-hydrogen) atoms. The zero-order valence-corrected chi connectivity index (χ0v) is 11.8. The van der Waals surface area contributed by atoms with Crippen LogP contribution in [0.4, 0.5) is 0 Å². The summed E-state index contributed by atoms with van der Waals surface area (Å²) in [4.78, 5) is 2.70. The Morgan fingerprint density at radius 1 is 1.25 bits per heavy atom. The van der Waals surface area contributed by atoms with Crippen LogP contribution in [-0.4, -0.2) is 36.6 Å². The molecule has 0 aromatic rings. The Hall–Kier alpha value is -0.0800. The van der Waals surface area contributed by atoms with Crippen molar-refractivity contribution in [1.29, 1.82) is 0 Å². The first kappa shape index (κ1) is 14.0. The number of piperidine rings is 1. The van der Waals surface area contributed by atoms with Crippen LogP contribution in [0.1, 0.15) is 53.4 Å². The zero-order valence-electron chi connectivity index (χ0n) is 11.8. The molecule has 96 valence electrons. The molecule has 0 aromatic heterocycles. The van der Waals surface area contributed by atoms with Gasteiger partial charge in [-0.05, 0) is 52.5 Å². The highest BCUT2D eigenvalue weighted by atomic mass is 15.2. The van der Waals surface area contributed by atoms with E-state index in [0.717, 1.165) is 24.0 Å². The molecule has 0 amide bonds. The van der Waals surface area contributed by atoms with E-state index in [1.807, 2.05) is 0 Å². The summed E-state index contributed by atoms with van der Waals surface area (Å²) in [5.41, 5.74) is 0. The monoisotopic (exact) mass is 226 g/mol. The lowest BCUT2D eigenvalue weighted by Crippen LogP contribution is -2.50. The number of likely N-dealkylation sites (tertiary alicyclic amines) is 1. The summed E-state index contributed by atoms with van der Waals surface area (Å²) in [5.74, 6) is 0.840. The lowest BCUT2D eigenvalue weighted by molar-refractivity contribution is 0.0903. The molecule has 3 atom stereocenters. The molecular formula is C14H30N2. The number of nitrogens with one attached hydrogen (secondary N) is 1. The molecule has 1 fully saturated rings. The van der Waals surface area contributed by atoms with Crippen LogP contribution in [0.5, 0.6) is 0 Å². The first-order valence-corrected chi connectivity index (χ1v) is 6.97. The Morgan fingerprint density at radius 2 is 1.94 bits per heavy atom. The highest BCUT2D eigenvalue weighted by Crippen LogP contribution is 2.22. The summed E-state index contributed by atoms with van der Waals surface area (Å²) in [6.07, 6.45) is 5.33. The summed E-state index contributed by atoms with van der Waals surface area (Å²) in [6.45, 7) is 10.7. The quantitative estimate of drug-likeness (QED) is 0.775. The van der Waals surface area contributed by atoms with E-state index in [1.54, 1.807) is 0 Å². The average molecular weight is 226 g/mol. The van der Waals surface area contributed by atoms with Crippen molar-refractivity contribution >= 4 is 0 Å². The van der Waals surface area contributed by atoms with E-state index in [4.69, 9.17) is 0 Å². The van der Waals surface area contributed by atoms with Gasteiger partial charge in [0.2, 0.25) is 0 Å². The predicted octanol–water partition coefficient (Wildman–Crippen LogP) is 2.88. The second-order valence-electron chi connectivity index (χ2n) is 5.92. The van der Waals surface area contributed by atoms with Gasteiger partial charge in [0.1, 0.15) is 0 Å². The molecule has 1 aliphatic rings. The fourth-order valence-electron chi connectivity index (χ4n) is 2.85. The predicted molar refractivity (Wildman–Crippen MR) is 71.8 cm³/mol. The molecule has 0 saturated carbocycles. The maximum absolute atomic E-state index is 3.42. The SMILES string of the molecule is CNC1CCN(C(C)CCC(C)C)C(C)C1. The van der Waals surface area contributed by atoms with Gasteiger partial charge in [0, 0.05) is 24.7 Å². The molecule has 1 heterocycles. The van der Waals surface area contributed by atoms with E-state index in [9.17, 15) is 0 Å². The summed E-state index contributed by atoms with van der Waals surface area (Å²) in [6, 6.07) is 2.24. The molecule has 2 heteroatoms. The van der Waals surface area contributed by atoms with E-state index in [0.29, 0.717) is 0 Å². The molecule has 0 spiro atoms. The van der Waals surface area contributed by atoms with Crippen molar-refractivity contribution in [2.24, 2.45) is 5.92 Å². The Morgan fingerprint density at radius 3 is 2.44 bits per heavy atom. The van der Waals surface area contributed by atoms with Gasteiger partial charge in [0.25, 0.3) is 0 Å². The third-order valence-electron chi connectivity index (χ3n) is 4.06. The minimum Gasteiger partial charge on any atom is -0.317 e. The average Bonchev–Trinajstić information content (AvgIpc) is 2.25. The van der Waals surface area contributed by atoms with Gasteiger partial charge in [-0.2, -0.15) is 0 Å². The van der Waals surface area contributed by atoms with Crippen molar-refractivity contribution in [2.45, 2.75) is 71.5 Å². The smallest absolute Gasteiger partial charge is 0.00910 e. The Balaban J connectivity index is 2.36. The number of rotatable bonds is 5. The molecular weight excluding hydrogens is 196 g/mol. The van der Waals surface area contributed by atoms with Crippen molar-refractivity contribution in [3.63, 3.8) is 0 Å². The van der Waals surface area contributed by atoms with E-state index >= 15 is 0 Å². The van der Waals surface area contributed by atoms with Crippen molar-refractivity contribution < 1.29 is 0 Å². The van der Waals surface area contributed by atoms with E-state index in [-0.39, 0.29) is 0 Å². The zero-order chi connectivity index (χ0) is 12.1. The van der Waals surface area contributed by atoms with Crippen LogP contribution < -0.4 is 5.32 Å². The van der Waals surface area contributed by atoms with Crippen molar-refractivity contribution in [2.75, 3.05) is 13.6 Å². The normalized spacial score (nSPS) is 29.6. The Kier molecular flexibility index (Phi) is 5.77. The van der Waals surface area contributed by atoms with Crippen molar-refractivity contribution in [3.8, 4) is 0 Å². The maximum atomic E-state index is 3.42. The number of nitrogens with zero attached hydrogens (tertiary/aromatic N) is 1. The van der Waals surface area contributed by atoms with E-state index in [1.165, 1.54) is 32.2 Å². The van der Waals surface area contributed by atoms with E-state index in [2.05, 4.69) is 45.0 Å². The lowest BCUT2D eigenvalue weighted by Gasteiger charge is -2.41. The fraction of sp³-hybridized carbons (Fsp3) is 1.00. The molecule has 0 aromatic carbocycles. The standard InChI is InChI=1S/C14H30N2/c1-11(2)6-7-12(3)16-9-8-14(15-5)10-13(16)4/h11-15H,6-10H2,1-5H3. The van der Waals surface area contributed by atoms with Gasteiger partial charge in [-0.3, -0.25) is 4.90 Å². The molecule has 0 aliphatic carbocycles. The summed E-state index contributed by atoms with van der Waals surface area (Å²) in [7, 11) is 2.09. The summed E-state index contributed by atoms with van der Waals surface area (Å²) >= 11 is 0. The van der Waals surface area contributed by atoms with Crippen LogP contribution in [0.25, 0.3) is 0 Å². The van der Waals surface area contributed by atoms with Gasteiger partial charge in [-0.15, -0.1) is 0 Å². The first-order valence-electron chi connectivity index (χ1n) is 6.97. The third kappa shape index (κ3) is 4.06. The number of hydrogen-bond acceptors (Lipinski definition) is 2. The summed E-state index contributed by atoms with van der Waals surface area (Å²) < 4.78 is 0. The third-order valence-corrected chi connectivity index (χ3v) is 4.06. The highest BCUT2D eigenvalue weighted by Gasteiger charge is 2.27. The Bertz CT molecular complexity index is 191. The molecule has 1 aliphatic heterocycles. The van der Waals surface area contributed by atoms with Gasteiger partial charge < -0.3 is 5.32 Å². The fourth-order valence-corrected chi connectivity index (χ4v) is 2.85. The second kappa shape index (κ2) is 6.61. The van der Waals surface area contributed by atoms with Crippen LogP contribution in [0.2, 0.25) is 0 Å². The molecule has 2 nitrogen and oxygen atoms in total. The molecule has 1 saturated heterocycles. The lowest BCUT2D eigenvalue weighted by atomic mass is 9.94. The van der Waals surface area contributed by atoms with E-state index < -0.39 is 0 Å².